The number of aliphatic hydroxyl groups excluding tert-OH is 2. The zero-order chi connectivity index (χ0) is 32.5. The Morgan fingerprint density at radius 3 is 2.40 bits per heavy atom. The molecule has 19 nitrogen and oxygen atoms in total. The minimum atomic E-state index is -4.27. The Balaban J connectivity index is 0.000000455. The number of aliphatic carboxylic acids is 1. The molecular weight excluding hydrogens is 638 g/mol. The molecule has 43 heavy (non-hydrogen) atoms. The topological polar surface area (TPSA) is 323 Å². The molecule has 0 aromatic carbocycles. The minimum absolute atomic E-state index is 0.0275. The van der Waals surface area contributed by atoms with Gasteiger partial charge in [0.05, 0.1) is 35.0 Å². The molecule has 9 N–H and O–H groups in total. The Hall–Kier alpha value is -2.70. The van der Waals surface area contributed by atoms with E-state index in [1.807, 2.05) is 6.26 Å². The van der Waals surface area contributed by atoms with Crippen LogP contribution in [-0.4, -0.2) is 133 Å². The number of imidazole rings is 1. The highest BCUT2D eigenvalue weighted by molar-refractivity contribution is 7.96. The summed E-state index contributed by atoms with van der Waals surface area (Å²) >= 11 is 0. The van der Waals surface area contributed by atoms with Gasteiger partial charge >= 0.3 is 5.97 Å². The molecule has 2 aromatic heterocycles. The molecule has 2 unspecified atom stereocenters. The number of aliphatic hydroxyl groups is 2. The first-order chi connectivity index (χ1) is 19.9. The molecule has 0 bridgehead atoms. The van der Waals surface area contributed by atoms with Crippen molar-refractivity contribution in [2.45, 2.75) is 49.8 Å². The predicted octanol–water partition coefficient (Wildman–Crippen LogP) is -3.61. The zero-order valence-corrected chi connectivity index (χ0v) is 25.4. The van der Waals surface area contributed by atoms with Crippen molar-refractivity contribution in [3.63, 3.8) is 0 Å². The number of amides is 1. The fourth-order valence-electron chi connectivity index (χ4n) is 3.91. The summed E-state index contributed by atoms with van der Waals surface area (Å²) in [6.07, 6.45) is 0.775. The number of nitrogen functional groups attached to an aromatic ring is 1. The molecule has 1 aliphatic rings. The van der Waals surface area contributed by atoms with Gasteiger partial charge in [0.15, 0.2) is 17.7 Å². The Morgan fingerprint density at radius 2 is 1.81 bits per heavy atom. The highest BCUT2D eigenvalue weighted by atomic mass is 32.2. The SMILES string of the molecule is C[S+](CCC(NC(=O)CN)C(=O)O)C[C@H]1O[C@@H](n2cnc3c(N)ncnc32)[C@H](O)[C@@H]1O.O=S(=O)([O-])CCCCS(=O)(=O)O. The van der Waals surface area contributed by atoms with E-state index in [2.05, 4.69) is 20.3 Å². The Bertz CT molecular complexity index is 1420. The van der Waals surface area contributed by atoms with Crippen LogP contribution in [0.15, 0.2) is 12.7 Å². The first-order valence-corrected chi connectivity index (χ1v) is 17.7. The second-order valence-corrected chi connectivity index (χ2v) is 14.9. The van der Waals surface area contributed by atoms with Crippen LogP contribution in [0, 0.1) is 0 Å². The molecule has 6 atom stereocenters. The summed E-state index contributed by atoms with van der Waals surface area (Å²) in [4.78, 5) is 34.9. The fourth-order valence-corrected chi connectivity index (χ4v) is 6.68. The van der Waals surface area contributed by atoms with E-state index in [1.54, 1.807) is 0 Å². The van der Waals surface area contributed by atoms with Crippen LogP contribution < -0.4 is 16.8 Å². The third-order valence-electron chi connectivity index (χ3n) is 6.07. The van der Waals surface area contributed by atoms with Crippen LogP contribution in [0.5, 0.6) is 0 Å². The van der Waals surface area contributed by atoms with E-state index in [9.17, 15) is 46.3 Å². The first kappa shape index (κ1) is 36.5. The number of rotatable bonds is 14. The van der Waals surface area contributed by atoms with Crippen LogP contribution in [-0.2, 0) is 45.5 Å². The molecule has 3 rings (SSSR count). The van der Waals surface area contributed by atoms with Gasteiger partial charge in [0.25, 0.3) is 10.1 Å². The van der Waals surface area contributed by atoms with E-state index in [4.69, 9.17) is 20.8 Å². The molecule has 22 heteroatoms. The molecule has 0 radical (unpaired) electrons. The summed E-state index contributed by atoms with van der Waals surface area (Å²) in [5.74, 6) is -1.72. The van der Waals surface area contributed by atoms with Crippen molar-refractivity contribution in [3.8, 4) is 0 Å². The summed E-state index contributed by atoms with van der Waals surface area (Å²) in [7, 11) is -8.66. The van der Waals surface area contributed by atoms with Crippen LogP contribution >= 0.6 is 0 Å². The lowest BCUT2D eigenvalue weighted by atomic mass is 10.1. The Kier molecular flexibility index (Phi) is 13.5. The lowest BCUT2D eigenvalue weighted by Gasteiger charge is -2.16. The lowest BCUT2D eigenvalue weighted by molar-refractivity contribution is -0.141. The highest BCUT2D eigenvalue weighted by Gasteiger charge is 2.46. The second-order valence-electron chi connectivity index (χ2n) is 9.49. The maximum atomic E-state index is 11.4. The van der Waals surface area contributed by atoms with E-state index in [0.717, 1.165) is 0 Å². The minimum Gasteiger partial charge on any atom is -0.748 e. The molecule has 3 heterocycles. The number of carboxylic acid groups (broad SMARTS) is 1. The molecular formula is C21H35N7O12S3. The molecule has 0 spiro atoms. The van der Waals surface area contributed by atoms with Gasteiger partial charge in [-0.1, -0.05) is 0 Å². The van der Waals surface area contributed by atoms with Gasteiger partial charge in [0, 0.05) is 12.2 Å². The van der Waals surface area contributed by atoms with Crippen molar-refractivity contribution in [1.29, 1.82) is 0 Å². The lowest BCUT2D eigenvalue weighted by Crippen LogP contribution is -2.44. The molecule has 1 fully saturated rings. The van der Waals surface area contributed by atoms with Crippen LogP contribution in [0.1, 0.15) is 25.5 Å². The number of anilines is 1. The van der Waals surface area contributed by atoms with Gasteiger partial charge in [-0.25, -0.2) is 28.2 Å². The number of unbranched alkanes of at least 4 members (excludes halogenated alkanes) is 1. The van der Waals surface area contributed by atoms with Crippen molar-refractivity contribution in [2.75, 3.05) is 41.5 Å². The number of carbonyl (C=O) groups is 2. The van der Waals surface area contributed by atoms with Crippen molar-refractivity contribution < 1.29 is 55.6 Å². The summed E-state index contributed by atoms with van der Waals surface area (Å²) in [6.45, 7) is -0.289. The number of fused-ring (bicyclic) bond motifs is 1. The van der Waals surface area contributed by atoms with Gasteiger partial charge in [-0.3, -0.25) is 13.9 Å². The van der Waals surface area contributed by atoms with Gasteiger partial charge in [0.1, 0.15) is 47.7 Å². The molecule has 244 valence electrons. The van der Waals surface area contributed by atoms with Crippen molar-refractivity contribution in [2.24, 2.45) is 5.73 Å². The number of nitrogens with zero attached hydrogens (tertiary/aromatic N) is 4. The van der Waals surface area contributed by atoms with Crippen molar-refractivity contribution in [3.05, 3.63) is 12.7 Å². The monoisotopic (exact) mass is 673 g/mol. The fraction of sp³-hybridized carbons (Fsp3) is 0.667. The first-order valence-electron chi connectivity index (χ1n) is 12.6. The number of carboxylic acids is 1. The van der Waals surface area contributed by atoms with E-state index in [0.29, 0.717) is 22.7 Å². The quantitative estimate of drug-likeness (QED) is 0.0578. The summed E-state index contributed by atoms with van der Waals surface area (Å²) in [6, 6.07) is -1.04. The average molecular weight is 674 g/mol. The van der Waals surface area contributed by atoms with E-state index in [-0.39, 0.29) is 42.5 Å². The molecule has 2 aromatic rings. The number of carbonyl (C=O) groups excluding carboxylic acids is 1. The number of hydrogen-bond acceptors (Lipinski definition) is 15. The summed E-state index contributed by atoms with van der Waals surface area (Å²) in [5.41, 5.74) is 11.7. The van der Waals surface area contributed by atoms with Crippen LogP contribution in [0.2, 0.25) is 0 Å². The third kappa shape index (κ3) is 11.7. The normalized spacial score (nSPS) is 22.0. The molecule has 1 aliphatic heterocycles. The second kappa shape index (κ2) is 15.9. The maximum Gasteiger partial charge on any atom is 0.326 e. The molecule has 1 amide bonds. The van der Waals surface area contributed by atoms with E-state index < -0.39 is 74.2 Å². The van der Waals surface area contributed by atoms with Crippen LogP contribution in [0.25, 0.3) is 11.2 Å². The van der Waals surface area contributed by atoms with Gasteiger partial charge in [-0.05, 0) is 23.7 Å². The van der Waals surface area contributed by atoms with Crippen molar-refractivity contribution >= 4 is 60.0 Å². The zero-order valence-electron chi connectivity index (χ0n) is 22.9. The Labute approximate surface area is 249 Å². The van der Waals surface area contributed by atoms with Gasteiger partial charge in [-0.15, -0.1) is 0 Å². The Morgan fingerprint density at radius 1 is 1.16 bits per heavy atom. The van der Waals surface area contributed by atoms with Gasteiger partial charge in [-0.2, -0.15) is 8.42 Å². The molecule has 0 saturated carbocycles. The number of aromatic nitrogens is 4. The molecule has 1 saturated heterocycles. The van der Waals surface area contributed by atoms with Crippen molar-refractivity contribution in [1.82, 2.24) is 24.8 Å². The standard InChI is InChI=1S/C17H25N7O6S.C4H10O6S2/c1-31(3-2-8(17(28)29)23-10(25)4-18)5-9-12(26)13(27)16(30-9)24-7-22-11-14(19)20-6-21-15(11)24;5-11(6,7)3-1-2-4-12(8,9)10/h6-9,12-13,16,26-27H,2-5,18H2,1H3,(H3-,19,20,21,23,25,28,29);1-4H2,(H,5,6,7)(H,8,9,10)/t8?,9-,12-,13-,16-,31?;/m1./s1. The average Bonchev–Trinajstić information content (AvgIpc) is 3.45. The number of nitrogens with one attached hydrogen (secondary N) is 1. The largest absolute Gasteiger partial charge is 0.748 e. The molecule has 0 aliphatic carbocycles. The predicted molar refractivity (Wildman–Crippen MR) is 152 cm³/mol. The van der Waals surface area contributed by atoms with E-state index >= 15 is 0 Å². The highest BCUT2D eigenvalue weighted by Crippen LogP contribution is 2.32. The number of ether oxygens (including phenoxy) is 1. The van der Waals surface area contributed by atoms with E-state index in [1.165, 1.54) is 17.2 Å². The van der Waals surface area contributed by atoms with Crippen LogP contribution in [0.3, 0.4) is 0 Å². The number of nitrogens with two attached hydrogens (primary N) is 2. The van der Waals surface area contributed by atoms with Gasteiger partial charge in [0.2, 0.25) is 5.91 Å². The maximum absolute atomic E-state index is 11.4. The summed E-state index contributed by atoms with van der Waals surface area (Å²) < 4.78 is 65.7. The smallest absolute Gasteiger partial charge is 0.326 e. The number of hydrogen-bond donors (Lipinski definition) is 7. The van der Waals surface area contributed by atoms with Gasteiger partial charge < -0.3 is 41.4 Å². The summed E-state index contributed by atoms with van der Waals surface area (Å²) in [5, 5.41) is 32.6. The third-order valence-corrected chi connectivity index (χ3v) is 9.49. The van der Waals surface area contributed by atoms with Crippen LogP contribution in [0.4, 0.5) is 5.82 Å².